The normalized spacial score (nSPS) is 15.8. The van der Waals surface area contributed by atoms with Crippen LogP contribution in [0.5, 0.6) is 5.75 Å². The van der Waals surface area contributed by atoms with Crippen molar-refractivity contribution in [3.8, 4) is 5.75 Å². The molecule has 1 heterocycles. The Balaban J connectivity index is 1.85. The first-order valence-corrected chi connectivity index (χ1v) is 7.25. The molecule has 1 fully saturated rings. The number of ether oxygens (including phenoxy) is 2. The van der Waals surface area contributed by atoms with Gasteiger partial charge in [0.1, 0.15) is 5.75 Å². The third kappa shape index (κ3) is 4.34. The molecule has 1 aliphatic rings. The number of urea groups is 1. The van der Waals surface area contributed by atoms with Crippen molar-refractivity contribution >= 4 is 11.7 Å². The molecule has 6 nitrogen and oxygen atoms in total. The molecule has 1 aliphatic heterocycles. The van der Waals surface area contributed by atoms with Crippen molar-refractivity contribution in [2.75, 3.05) is 38.7 Å². The molecule has 0 bridgehead atoms. The first-order valence-electron chi connectivity index (χ1n) is 7.25. The van der Waals surface area contributed by atoms with Crippen LogP contribution in [0, 0.1) is 0 Å². The summed E-state index contributed by atoms with van der Waals surface area (Å²) in [5.74, 6) is 0.659. The van der Waals surface area contributed by atoms with Crippen molar-refractivity contribution in [3.63, 3.8) is 0 Å². The predicted octanol–water partition coefficient (Wildman–Crippen LogP) is 1.67. The number of hydrogen-bond acceptors (Lipinski definition) is 4. The minimum absolute atomic E-state index is 0.100. The van der Waals surface area contributed by atoms with Crippen LogP contribution in [0.1, 0.15) is 12.8 Å². The molecule has 0 radical (unpaired) electrons. The Morgan fingerprint density at radius 1 is 1.38 bits per heavy atom. The number of hydrogen-bond donors (Lipinski definition) is 2. The summed E-state index contributed by atoms with van der Waals surface area (Å²) >= 11 is 0. The minimum Gasteiger partial charge on any atom is -0.495 e. The van der Waals surface area contributed by atoms with E-state index < -0.39 is 0 Å². The smallest absolute Gasteiger partial charge is 0.321 e. The third-order valence-corrected chi connectivity index (χ3v) is 3.55. The van der Waals surface area contributed by atoms with Gasteiger partial charge in [-0.2, -0.15) is 0 Å². The fraction of sp³-hybridized carbons (Fsp3) is 0.533. The second-order valence-corrected chi connectivity index (χ2v) is 4.98. The second kappa shape index (κ2) is 7.85. The Morgan fingerprint density at radius 3 is 2.76 bits per heavy atom. The van der Waals surface area contributed by atoms with Gasteiger partial charge in [0.15, 0.2) is 0 Å². The average Bonchev–Trinajstić information content (AvgIpc) is 2.54. The van der Waals surface area contributed by atoms with Gasteiger partial charge in [0, 0.05) is 19.6 Å². The lowest BCUT2D eigenvalue weighted by Crippen LogP contribution is -2.43. The van der Waals surface area contributed by atoms with E-state index in [4.69, 9.17) is 15.2 Å². The lowest BCUT2D eigenvalue weighted by atomic mass is 10.1. The Kier molecular flexibility index (Phi) is 5.83. The molecule has 1 aromatic carbocycles. The summed E-state index contributed by atoms with van der Waals surface area (Å²) in [6, 6.07) is 7.28. The van der Waals surface area contributed by atoms with E-state index in [0.717, 1.165) is 12.8 Å². The van der Waals surface area contributed by atoms with Gasteiger partial charge >= 0.3 is 6.03 Å². The molecule has 0 aromatic heterocycles. The van der Waals surface area contributed by atoms with E-state index in [-0.39, 0.29) is 12.1 Å². The zero-order valence-corrected chi connectivity index (χ0v) is 12.4. The molecular weight excluding hydrogens is 270 g/mol. The number of rotatable bonds is 5. The van der Waals surface area contributed by atoms with Crippen LogP contribution in [0.15, 0.2) is 24.3 Å². The fourth-order valence-corrected chi connectivity index (χ4v) is 2.40. The van der Waals surface area contributed by atoms with Crippen LogP contribution in [0.2, 0.25) is 0 Å². The number of carbonyl (C=O) groups is 1. The Bertz CT molecular complexity index is 459. The fourth-order valence-electron chi connectivity index (χ4n) is 2.40. The molecule has 0 aliphatic carbocycles. The highest BCUT2D eigenvalue weighted by molar-refractivity contribution is 5.91. The molecule has 1 saturated heterocycles. The van der Waals surface area contributed by atoms with Crippen molar-refractivity contribution in [3.05, 3.63) is 24.3 Å². The van der Waals surface area contributed by atoms with E-state index in [2.05, 4.69) is 5.32 Å². The van der Waals surface area contributed by atoms with Gasteiger partial charge in [-0.15, -0.1) is 0 Å². The highest BCUT2D eigenvalue weighted by Crippen LogP contribution is 2.24. The number of piperidine rings is 1. The number of likely N-dealkylation sites (tertiary alicyclic amines) is 1. The van der Waals surface area contributed by atoms with Gasteiger partial charge in [0.2, 0.25) is 0 Å². The van der Waals surface area contributed by atoms with Crippen molar-refractivity contribution in [2.24, 2.45) is 5.73 Å². The SMILES string of the molecule is COc1ccccc1NC(=O)N1CCC(OCCN)CC1. The van der Waals surface area contributed by atoms with Gasteiger partial charge in [-0.05, 0) is 25.0 Å². The van der Waals surface area contributed by atoms with Crippen LogP contribution in [-0.2, 0) is 4.74 Å². The maximum atomic E-state index is 12.3. The van der Waals surface area contributed by atoms with E-state index in [1.54, 1.807) is 12.0 Å². The summed E-state index contributed by atoms with van der Waals surface area (Å²) in [5.41, 5.74) is 6.11. The molecule has 0 spiro atoms. The van der Waals surface area contributed by atoms with Gasteiger partial charge in [0.05, 0.1) is 25.5 Å². The number of anilines is 1. The highest BCUT2D eigenvalue weighted by Gasteiger charge is 2.23. The molecule has 2 amide bonds. The third-order valence-electron chi connectivity index (χ3n) is 3.55. The van der Waals surface area contributed by atoms with E-state index >= 15 is 0 Å². The second-order valence-electron chi connectivity index (χ2n) is 4.98. The summed E-state index contributed by atoms with van der Waals surface area (Å²) in [6.45, 7) is 2.50. The number of nitrogens with zero attached hydrogens (tertiary/aromatic N) is 1. The Morgan fingerprint density at radius 2 is 2.10 bits per heavy atom. The van der Waals surface area contributed by atoms with Gasteiger partial charge in [-0.1, -0.05) is 12.1 Å². The number of benzene rings is 1. The zero-order chi connectivity index (χ0) is 15.1. The molecule has 0 atom stereocenters. The van der Waals surface area contributed by atoms with Gasteiger partial charge in [-0.25, -0.2) is 4.79 Å². The van der Waals surface area contributed by atoms with Gasteiger partial charge < -0.3 is 25.4 Å². The molecule has 21 heavy (non-hydrogen) atoms. The minimum atomic E-state index is -0.100. The van der Waals surface area contributed by atoms with Crippen molar-refractivity contribution in [2.45, 2.75) is 18.9 Å². The monoisotopic (exact) mass is 293 g/mol. The van der Waals surface area contributed by atoms with Crippen molar-refractivity contribution < 1.29 is 14.3 Å². The molecule has 0 unspecified atom stereocenters. The molecule has 116 valence electrons. The van der Waals surface area contributed by atoms with E-state index in [1.165, 1.54) is 0 Å². The molecule has 1 aromatic rings. The number of methoxy groups -OCH3 is 1. The highest BCUT2D eigenvalue weighted by atomic mass is 16.5. The number of nitrogens with two attached hydrogens (primary N) is 1. The van der Waals surface area contributed by atoms with Gasteiger partial charge in [-0.3, -0.25) is 0 Å². The van der Waals surface area contributed by atoms with Gasteiger partial charge in [0.25, 0.3) is 0 Å². The van der Waals surface area contributed by atoms with E-state index in [1.807, 2.05) is 24.3 Å². The quantitative estimate of drug-likeness (QED) is 0.865. The molecule has 0 saturated carbocycles. The summed E-state index contributed by atoms with van der Waals surface area (Å²) in [4.78, 5) is 14.1. The summed E-state index contributed by atoms with van der Waals surface area (Å²) in [6.07, 6.45) is 1.91. The zero-order valence-electron chi connectivity index (χ0n) is 12.4. The lowest BCUT2D eigenvalue weighted by molar-refractivity contribution is 0.0201. The van der Waals surface area contributed by atoms with Crippen molar-refractivity contribution in [1.29, 1.82) is 0 Å². The number of para-hydroxylation sites is 2. The first kappa shape index (κ1) is 15.6. The number of carbonyl (C=O) groups excluding carboxylic acids is 1. The number of amides is 2. The molecular formula is C15H23N3O3. The number of nitrogens with one attached hydrogen (secondary N) is 1. The maximum Gasteiger partial charge on any atom is 0.321 e. The van der Waals surface area contributed by atoms with Crippen LogP contribution >= 0.6 is 0 Å². The summed E-state index contributed by atoms with van der Waals surface area (Å²) in [7, 11) is 1.59. The van der Waals surface area contributed by atoms with Crippen molar-refractivity contribution in [1.82, 2.24) is 4.90 Å². The van der Waals surface area contributed by atoms with E-state index in [9.17, 15) is 4.79 Å². The largest absolute Gasteiger partial charge is 0.495 e. The van der Waals surface area contributed by atoms with E-state index in [0.29, 0.717) is 37.7 Å². The predicted molar refractivity (Wildman–Crippen MR) is 81.6 cm³/mol. The Hall–Kier alpha value is -1.79. The van der Waals surface area contributed by atoms with Crippen LogP contribution in [0.3, 0.4) is 0 Å². The summed E-state index contributed by atoms with van der Waals surface area (Å²) < 4.78 is 10.8. The molecule has 3 N–H and O–H groups in total. The maximum absolute atomic E-state index is 12.3. The van der Waals surface area contributed by atoms with Crippen LogP contribution in [0.4, 0.5) is 10.5 Å². The Labute approximate surface area is 125 Å². The van der Waals surface area contributed by atoms with Crippen LogP contribution in [-0.4, -0.2) is 50.4 Å². The molecule has 6 heteroatoms. The average molecular weight is 293 g/mol. The standard InChI is InChI=1S/C15H23N3O3/c1-20-14-5-3-2-4-13(14)17-15(19)18-9-6-12(7-10-18)21-11-8-16/h2-5,12H,6-11,16H2,1H3,(H,17,19). The first-order chi connectivity index (χ1) is 10.2. The van der Waals surface area contributed by atoms with Crippen LogP contribution in [0.25, 0.3) is 0 Å². The lowest BCUT2D eigenvalue weighted by Gasteiger charge is -2.32. The topological polar surface area (TPSA) is 76.8 Å². The van der Waals surface area contributed by atoms with Crippen LogP contribution < -0.4 is 15.8 Å². The summed E-state index contributed by atoms with van der Waals surface area (Å²) in [5, 5.41) is 2.89. The molecule has 2 rings (SSSR count).